The first kappa shape index (κ1) is 17.8. The van der Waals surface area contributed by atoms with E-state index in [1.165, 1.54) is 21.9 Å². The molecule has 0 atom stereocenters. The highest BCUT2D eigenvalue weighted by molar-refractivity contribution is 6.69. The Balaban J connectivity index is 2.60. The molecule has 0 radical (unpaired) electrons. The second-order valence-corrected chi connectivity index (χ2v) is 8.42. The highest BCUT2D eigenvalue weighted by Gasteiger charge is 2.19. The van der Waals surface area contributed by atoms with Crippen molar-refractivity contribution in [2.75, 3.05) is 0 Å². The fourth-order valence-electron chi connectivity index (χ4n) is 3.30. The molecule has 0 saturated carbocycles. The molecule has 2 aromatic rings. The topological polar surface area (TPSA) is 43.1 Å². The van der Waals surface area contributed by atoms with Gasteiger partial charge >= 0.3 is 0 Å². The predicted octanol–water partition coefficient (Wildman–Crippen LogP) is 2.30. The molecule has 2 rings (SSSR count). The number of benzene rings is 2. The van der Waals surface area contributed by atoms with E-state index in [4.69, 9.17) is 17.3 Å². The van der Waals surface area contributed by atoms with Gasteiger partial charge in [-0.05, 0) is 43.0 Å². The van der Waals surface area contributed by atoms with Gasteiger partial charge in [-0.1, -0.05) is 66.0 Å². The number of halogens is 1. The van der Waals surface area contributed by atoms with Gasteiger partial charge in [-0.2, -0.15) is 0 Å². The van der Waals surface area contributed by atoms with Crippen molar-refractivity contribution >= 4 is 37.4 Å². The summed E-state index contributed by atoms with van der Waals surface area (Å²) in [6.07, 6.45) is 1.73. The van der Waals surface area contributed by atoms with E-state index in [0.717, 1.165) is 23.6 Å². The van der Waals surface area contributed by atoms with Crippen LogP contribution in [0.1, 0.15) is 46.5 Å². The van der Waals surface area contributed by atoms with Gasteiger partial charge in [0, 0.05) is 0 Å². The Morgan fingerprint density at radius 3 is 2.17 bits per heavy atom. The standard InChI is InChI=1S/C19H24ClNOSi/c1-5-13-10-16(17(19(21)22)18(20)15(13)6-2)23-14-8-11(3)7-12(4)9-14/h7-10H,5-6,23H2,1-4H3,(H2,21,22). The van der Waals surface area contributed by atoms with Crippen LogP contribution in [0.3, 0.4) is 0 Å². The predicted molar refractivity (Wildman–Crippen MR) is 102 cm³/mol. The molecule has 122 valence electrons. The first-order valence-corrected chi connectivity index (χ1v) is 9.86. The molecular weight excluding hydrogens is 322 g/mol. The molecule has 1 amide bonds. The van der Waals surface area contributed by atoms with Gasteiger partial charge in [-0.25, -0.2) is 0 Å². The molecule has 2 N–H and O–H groups in total. The highest BCUT2D eigenvalue weighted by Crippen LogP contribution is 2.24. The molecule has 0 saturated heterocycles. The average molecular weight is 346 g/mol. The van der Waals surface area contributed by atoms with E-state index in [9.17, 15) is 4.79 Å². The number of carbonyl (C=O) groups is 1. The second-order valence-electron chi connectivity index (χ2n) is 6.11. The molecule has 0 spiro atoms. The number of hydrogen-bond acceptors (Lipinski definition) is 1. The number of rotatable bonds is 5. The minimum absolute atomic E-state index is 0.417. The van der Waals surface area contributed by atoms with Gasteiger partial charge in [-0.15, -0.1) is 0 Å². The maximum atomic E-state index is 12.0. The monoisotopic (exact) mass is 345 g/mol. The van der Waals surface area contributed by atoms with Crippen molar-refractivity contribution in [3.05, 3.63) is 57.1 Å². The van der Waals surface area contributed by atoms with Crippen molar-refractivity contribution in [2.24, 2.45) is 5.73 Å². The minimum atomic E-state index is -0.810. The Hall–Kier alpha value is -1.58. The second kappa shape index (κ2) is 7.32. The zero-order chi connectivity index (χ0) is 17.1. The molecule has 0 aromatic heterocycles. The largest absolute Gasteiger partial charge is 0.366 e. The van der Waals surface area contributed by atoms with Gasteiger partial charge in [0.1, 0.15) is 0 Å². The summed E-state index contributed by atoms with van der Waals surface area (Å²) in [6.45, 7) is 8.39. The molecular formula is C19H24ClNOSi. The van der Waals surface area contributed by atoms with Crippen molar-refractivity contribution in [2.45, 2.75) is 40.5 Å². The van der Waals surface area contributed by atoms with Crippen LogP contribution in [0.5, 0.6) is 0 Å². The van der Waals surface area contributed by atoms with Crippen LogP contribution < -0.4 is 16.1 Å². The van der Waals surface area contributed by atoms with E-state index in [1.807, 2.05) is 0 Å². The third-order valence-corrected chi connectivity index (χ3v) is 6.37. The first-order valence-electron chi connectivity index (χ1n) is 8.07. The van der Waals surface area contributed by atoms with Crippen LogP contribution in [0.4, 0.5) is 0 Å². The Morgan fingerprint density at radius 2 is 1.70 bits per heavy atom. The lowest BCUT2D eigenvalue weighted by Crippen LogP contribution is -2.35. The normalized spacial score (nSPS) is 11.3. The van der Waals surface area contributed by atoms with Crippen LogP contribution in [-0.4, -0.2) is 15.4 Å². The smallest absolute Gasteiger partial charge is 0.250 e. The summed E-state index contributed by atoms with van der Waals surface area (Å²) in [4.78, 5) is 12.0. The summed E-state index contributed by atoms with van der Waals surface area (Å²) in [7, 11) is -0.810. The molecule has 2 aromatic carbocycles. The summed E-state index contributed by atoms with van der Waals surface area (Å²) in [5.41, 5.74) is 11.0. The lowest BCUT2D eigenvalue weighted by Gasteiger charge is -2.16. The SMILES string of the molecule is CCc1cc([SiH2]c2cc(C)cc(C)c2)c(C(N)=O)c(Cl)c1CC. The van der Waals surface area contributed by atoms with E-state index in [1.54, 1.807) is 0 Å². The first-order chi connectivity index (χ1) is 10.9. The summed E-state index contributed by atoms with van der Waals surface area (Å²) in [5, 5.41) is 2.93. The number of aryl methyl sites for hydroxylation is 3. The van der Waals surface area contributed by atoms with Crippen LogP contribution in [0.2, 0.25) is 5.02 Å². The molecule has 23 heavy (non-hydrogen) atoms. The van der Waals surface area contributed by atoms with Gasteiger partial charge in [0.2, 0.25) is 5.91 Å². The van der Waals surface area contributed by atoms with Gasteiger partial charge in [-0.3, -0.25) is 4.79 Å². The van der Waals surface area contributed by atoms with Crippen LogP contribution >= 0.6 is 11.6 Å². The van der Waals surface area contributed by atoms with Crippen molar-refractivity contribution in [3.8, 4) is 0 Å². The van der Waals surface area contributed by atoms with Gasteiger partial charge in [0.15, 0.2) is 0 Å². The zero-order valence-corrected chi connectivity index (χ0v) is 16.5. The van der Waals surface area contributed by atoms with Gasteiger partial charge < -0.3 is 5.73 Å². The Labute approximate surface area is 145 Å². The molecule has 0 heterocycles. The van der Waals surface area contributed by atoms with E-state index in [0.29, 0.717) is 10.6 Å². The van der Waals surface area contributed by atoms with Crippen molar-refractivity contribution in [1.82, 2.24) is 0 Å². The van der Waals surface area contributed by atoms with E-state index in [-0.39, 0.29) is 0 Å². The third-order valence-electron chi connectivity index (χ3n) is 4.20. The Bertz CT molecular complexity index is 735. The minimum Gasteiger partial charge on any atom is -0.366 e. The molecule has 0 unspecified atom stereocenters. The molecule has 0 aliphatic rings. The number of hydrogen-bond donors (Lipinski definition) is 1. The van der Waals surface area contributed by atoms with Crippen LogP contribution in [-0.2, 0) is 12.8 Å². The number of amides is 1. The Kier molecular flexibility index (Phi) is 5.66. The number of primary amides is 1. The average Bonchev–Trinajstić information content (AvgIpc) is 2.45. The molecule has 0 fully saturated rings. The summed E-state index contributed by atoms with van der Waals surface area (Å²) < 4.78 is 0. The van der Waals surface area contributed by atoms with E-state index < -0.39 is 15.4 Å². The molecule has 0 aliphatic heterocycles. The zero-order valence-electron chi connectivity index (χ0n) is 14.3. The fourth-order valence-corrected chi connectivity index (χ4v) is 6.04. The molecule has 0 bridgehead atoms. The van der Waals surface area contributed by atoms with Gasteiger partial charge in [0.05, 0.1) is 20.1 Å². The lowest BCUT2D eigenvalue weighted by molar-refractivity contribution is 0.100. The maximum absolute atomic E-state index is 12.0. The summed E-state index contributed by atoms with van der Waals surface area (Å²) in [6, 6.07) is 8.74. The highest BCUT2D eigenvalue weighted by atomic mass is 35.5. The quantitative estimate of drug-likeness (QED) is 0.830. The summed E-state index contributed by atoms with van der Waals surface area (Å²) in [5.74, 6) is -0.417. The van der Waals surface area contributed by atoms with Crippen LogP contribution in [0.15, 0.2) is 24.3 Å². The van der Waals surface area contributed by atoms with Crippen LogP contribution in [0, 0.1) is 13.8 Å². The molecule has 0 aliphatic carbocycles. The third kappa shape index (κ3) is 3.85. The van der Waals surface area contributed by atoms with Crippen molar-refractivity contribution in [3.63, 3.8) is 0 Å². The van der Waals surface area contributed by atoms with E-state index >= 15 is 0 Å². The fraction of sp³-hybridized carbons (Fsp3) is 0.316. The van der Waals surface area contributed by atoms with Crippen LogP contribution in [0.25, 0.3) is 0 Å². The van der Waals surface area contributed by atoms with Crippen molar-refractivity contribution < 1.29 is 4.79 Å². The number of nitrogens with two attached hydrogens (primary N) is 1. The molecule has 4 heteroatoms. The van der Waals surface area contributed by atoms with Gasteiger partial charge in [0.25, 0.3) is 0 Å². The van der Waals surface area contributed by atoms with Crippen molar-refractivity contribution in [1.29, 1.82) is 0 Å². The number of carbonyl (C=O) groups excluding carboxylic acids is 1. The summed E-state index contributed by atoms with van der Waals surface area (Å²) >= 11 is 6.54. The Morgan fingerprint density at radius 1 is 1.09 bits per heavy atom. The molecule has 2 nitrogen and oxygen atoms in total. The van der Waals surface area contributed by atoms with E-state index in [2.05, 4.69) is 52.0 Å². The maximum Gasteiger partial charge on any atom is 0.250 e. The lowest BCUT2D eigenvalue weighted by atomic mass is 9.99.